The number of fused-ring (bicyclic) bond motifs is 1. The number of ketones is 1. The standard InChI is InChI=1S/C18H21N5O3/c1-18(2)8-11-15(12(24)9-18)16(23-17(19-11)20-21-22-23)10-5-6-13(25-3)14(7-10)26-4/h5-7,16H,8-9H2,1-4H3,(H,19,20,22). The summed E-state index contributed by atoms with van der Waals surface area (Å²) >= 11 is 0. The van der Waals surface area contributed by atoms with E-state index >= 15 is 0 Å². The monoisotopic (exact) mass is 355 g/mol. The number of carbonyl (C=O) groups excluding carboxylic acids is 1. The van der Waals surface area contributed by atoms with Gasteiger partial charge in [-0.2, -0.15) is 4.68 Å². The van der Waals surface area contributed by atoms with E-state index in [0.717, 1.165) is 23.3 Å². The Bertz CT molecular complexity index is 915. The number of ether oxygens (including phenoxy) is 2. The van der Waals surface area contributed by atoms with Crippen LogP contribution in [-0.4, -0.2) is 40.2 Å². The van der Waals surface area contributed by atoms with Crippen LogP contribution in [0.15, 0.2) is 29.5 Å². The van der Waals surface area contributed by atoms with Gasteiger partial charge in [0.25, 0.3) is 0 Å². The van der Waals surface area contributed by atoms with Crippen LogP contribution < -0.4 is 14.8 Å². The zero-order valence-corrected chi connectivity index (χ0v) is 15.2. The van der Waals surface area contributed by atoms with Crippen LogP contribution in [0.25, 0.3) is 0 Å². The molecule has 2 aliphatic rings. The molecule has 0 spiro atoms. The molecule has 2 aromatic rings. The number of methoxy groups -OCH3 is 2. The van der Waals surface area contributed by atoms with E-state index in [2.05, 4.69) is 34.7 Å². The molecule has 136 valence electrons. The zero-order valence-electron chi connectivity index (χ0n) is 15.2. The number of hydrogen-bond acceptors (Lipinski definition) is 7. The molecule has 1 aliphatic heterocycles. The lowest BCUT2D eigenvalue weighted by Crippen LogP contribution is -2.36. The Balaban J connectivity index is 1.89. The summed E-state index contributed by atoms with van der Waals surface area (Å²) in [6, 6.07) is 5.23. The van der Waals surface area contributed by atoms with Gasteiger partial charge in [-0.15, -0.1) is 0 Å². The predicted molar refractivity (Wildman–Crippen MR) is 94.2 cm³/mol. The molecule has 1 aromatic heterocycles. The van der Waals surface area contributed by atoms with E-state index in [9.17, 15) is 4.79 Å². The number of anilines is 1. The van der Waals surface area contributed by atoms with Gasteiger partial charge in [0, 0.05) is 17.7 Å². The molecular formula is C18H21N5O3. The lowest BCUT2D eigenvalue weighted by molar-refractivity contribution is -0.118. The highest BCUT2D eigenvalue weighted by atomic mass is 16.5. The Labute approximate surface area is 151 Å². The molecule has 0 saturated carbocycles. The van der Waals surface area contributed by atoms with Crippen LogP contribution in [0.4, 0.5) is 5.95 Å². The molecular weight excluding hydrogens is 334 g/mol. The molecule has 1 N–H and O–H groups in total. The van der Waals surface area contributed by atoms with Crippen LogP contribution in [0.5, 0.6) is 11.5 Å². The summed E-state index contributed by atoms with van der Waals surface area (Å²) in [6.45, 7) is 4.19. The first kappa shape index (κ1) is 16.6. The number of nitrogens with zero attached hydrogens (tertiary/aromatic N) is 4. The van der Waals surface area contributed by atoms with Crippen molar-refractivity contribution >= 4 is 11.7 Å². The Morgan fingerprint density at radius 1 is 1.19 bits per heavy atom. The molecule has 8 heteroatoms. The van der Waals surface area contributed by atoms with Crippen molar-refractivity contribution in [1.82, 2.24) is 20.2 Å². The van der Waals surface area contributed by atoms with Gasteiger partial charge in [-0.3, -0.25) is 4.79 Å². The van der Waals surface area contributed by atoms with Gasteiger partial charge >= 0.3 is 0 Å². The third kappa shape index (κ3) is 2.53. The molecule has 1 atom stereocenters. The molecule has 4 rings (SSSR count). The fraction of sp³-hybridized carbons (Fsp3) is 0.444. The molecule has 0 fully saturated rings. The number of benzene rings is 1. The van der Waals surface area contributed by atoms with Gasteiger partial charge < -0.3 is 14.8 Å². The number of hydrogen-bond donors (Lipinski definition) is 1. The maximum atomic E-state index is 13.0. The van der Waals surface area contributed by atoms with Gasteiger partial charge in [0.1, 0.15) is 6.04 Å². The average Bonchev–Trinajstić information content (AvgIpc) is 3.06. The number of allylic oxidation sites excluding steroid dienone is 2. The molecule has 8 nitrogen and oxygen atoms in total. The van der Waals surface area contributed by atoms with Crippen molar-refractivity contribution in [2.24, 2.45) is 5.41 Å². The highest BCUT2D eigenvalue weighted by Crippen LogP contribution is 2.45. The van der Waals surface area contributed by atoms with Gasteiger partial charge in [-0.1, -0.05) is 25.0 Å². The fourth-order valence-corrected chi connectivity index (χ4v) is 3.80. The summed E-state index contributed by atoms with van der Waals surface area (Å²) in [5.74, 6) is 1.88. The number of nitrogens with one attached hydrogen (secondary N) is 1. The van der Waals surface area contributed by atoms with Crippen LogP contribution in [0, 0.1) is 5.41 Å². The minimum Gasteiger partial charge on any atom is -0.493 e. The second-order valence-corrected chi connectivity index (χ2v) is 7.42. The van der Waals surface area contributed by atoms with Crippen LogP contribution >= 0.6 is 0 Å². The summed E-state index contributed by atoms with van der Waals surface area (Å²) in [4.78, 5) is 13.0. The van der Waals surface area contributed by atoms with Crippen molar-refractivity contribution in [2.75, 3.05) is 19.5 Å². The predicted octanol–water partition coefficient (Wildman–Crippen LogP) is 2.35. The van der Waals surface area contributed by atoms with E-state index in [1.54, 1.807) is 18.9 Å². The van der Waals surface area contributed by atoms with Gasteiger partial charge in [0.15, 0.2) is 17.3 Å². The Hall–Kier alpha value is -2.90. The van der Waals surface area contributed by atoms with E-state index in [1.165, 1.54) is 0 Å². The van der Waals surface area contributed by atoms with Crippen molar-refractivity contribution in [1.29, 1.82) is 0 Å². The van der Waals surface area contributed by atoms with Gasteiger partial charge in [-0.25, -0.2) is 0 Å². The molecule has 0 radical (unpaired) electrons. The smallest absolute Gasteiger partial charge is 0.248 e. The van der Waals surface area contributed by atoms with Gasteiger partial charge in [-0.05, 0) is 40.0 Å². The molecule has 26 heavy (non-hydrogen) atoms. The average molecular weight is 355 g/mol. The number of Topliss-reactive ketones (excluding diaryl/α,β-unsaturated/α-hetero) is 1. The minimum absolute atomic E-state index is 0.0965. The second kappa shape index (κ2) is 5.82. The first-order valence-corrected chi connectivity index (χ1v) is 8.46. The summed E-state index contributed by atoms with van der Waals surface area (Å²) in [7, 11) is 3.18. The normalized spacial score (nSPS) is 20.9. The topological polar surface area (TPSA) is 91.2 Å². The van der Waals surface area contributed by atoms with E-state index < -0.39 is 0 Å². The van der Waals surface area contributed by atoms with E-state index in [0.29, 0.717) is 23.9 Å². The lowest BCUT2D eigenvalue weighted by atomic mass is 9.73. The van der Waals surface area contributed by atoms with Crippen LogP contribution in [0.3, 0.4) is 0 Å². The number of carbonyl (C=O) groups is 1. The zero-order chi connectivity index (χ0) is 18.5. The first-order valence-electron chi connectivity index (χ1n) is 8.46. The lowest BCUT2D eigenvalue weighted by Gasteiger charge is -2.37. The second-order valence-electron chi connectivity index (χ2n) is 7.42. The maximum Gasteiger partial charge on any atom is 0.248 e. The third-order valence-electron chi connectivity index (χ3n) is 4.92. The van der Waals surface area contributed by atoms with E-state index in [1.807, 2.05) is 18.2 Å². The van der Waals surface area contributed by atoms with Crippen molar-refractivity contribution in [3.8, 4) is 11.5 Å². The molecule has 0 saturated heterocycles. The third-order valence-corrected chi connectivity index (χ3v) is 4.92. The molecule has 0 bridgehead atoms. The molecule has 1 unspecified atom stereocenters. The number of aromatic nitrogens is 4. The fourth-order valence-electron chi connectivity index (χ4n) is 3.80. The quantitative estimate of drug-likeness (QED) is 0.903. The van der Waals surface area contributed by atoms with Crippen LogP contribution in [-0.2, 0) is 4.79 Å². The van der Waals surface area contributed by atoms with Crippen molar-refractivity contribution in [3.63, 3.8) is 0 Å². The molecule has 2 heterocycles. The Morgan fingerprint density at radius 2 is 1.96 bits per heavy atom. The van der Waals surface area contributed by atoms with Crippen molar-refractivity contribution in [2.45, 2.75) is 32.7 Å². The van der Waals surface area contributed by atoms with E-state index in [4.69, 9.17) is 9.47 Å². The highest BCUT2D eigenvalue weighted by Gasteiger charge is 2.41. The first-order chi connectivity index (χ1) is 12.4. The van der Waals surface area contributed by atoms with Crippen molar-refractivity contribution < 1.29 is 14.3 Å². The van der Waals surface area contributed by atoms with Crippen molar-refractivity contribution in [3.05, 3.63) is 35.0 Å². The van der Waals surface area contributed by atoms with Crippen LogP contribution in [0.2, 0.25) is 0 Å². The number of rotatable bonds is 3. The molecule has 1 aliphatic carbocycles. The summed E-state index contributed by atoms with van der Waals surface area (Å²) < 4.78 is 12.4. The summed E-state index contributed by atoms with van der Waals surface area (Å²) in [6.07, 6.45) is 1.26. The Morgan fingerprint density at radius 3 is 2.69 bits per heavy atom. The summed E-state index contributed by atoms with van der Waals surface area (Å²) in [5.41, 5.74) is 2.39. The van der Waals surface area contributed by atoms with Gasteiger partial charge in [0.05, 0.1) is 14.2 Å². The largest absolute Gasteiger partial charge is 0.493 e. The number of tetrazole rings is 1. The highest BCUT2D eigenvalue weighted by molar-refractivity contribution is 6.00. The summed E-state index contributed by atoms with van der Waals surface area (Å²) in [5, 5.41) is 15.2. The van der Waals surface area contributed by atoms with Crippen LogP contribution in [0.1, 0.15) is 38.3 Å². The molecule has 1 aromatic carbocycles. The van der Waals surface area contributed by atoms with E-state index in [-0.39, 0.29) is 17.2 Å². The minimum atomic E-state index is -0.389. The SMILES string of the molecule is COc1ccc(C2C3=C(CC(C)(C)CC3=O)Nc3nnnn32)cc1OC. The van der Waals surface area contributed by atoms with Gasteiger partial charge in [0.2, 0.25) is 5.95 Å². The Kier molecular flexibility index (Phi) is 3.71. The molecule has 0 amide bonds. The maximum absolute atomic E-state index is 13.0.